The number of rotatable bonds is 4. The van der Waals surface area contributed by atoms with E-state index in [1.54, 1.807) is 36.4 Å². The number of hydrogen-bond acceptors (Lipinski definition) is 5. The molecule has 0 spiro atoms. The molecule has 4 rings (SSSR count). The van der Waals surface area contributed by atoms with Crippen LogP contribution in [0.2, 0.25) is 0 Å². The molecule has 0 bridgehead atoms. The lowest BCUT2D eigenvalue weighted by Gasteiger charge is -2.35. The van der Waals surface area contributed by atoms with Crippen molar-refractivity contribution in [1.82, 2.24) is 4.90 Å². The van der Waals surface area contributed by atoms with Crippen LogP contribution in [0.5, 0.6) is 0 Å². The van der Waals surface area contributed by atoms with Crippen LogP contribution in [0.25, 0.3) is 0 Å². The zero-order valence-corrected chi connectivity index (χ0v) is 17.1. The van der Waals surface area contributed by atoms with Gasteiger partial charge in [-0.2, -0.15) is 0 Å². The van der Waals surface area contributed by atoms with Gasteiger partial charge in [0.05, 0.1) is 42.6 Å². The Labute approximate surface area is 175 Å². The molecule has 1 fully saturated rings. The number of nitrogens with two attached hydrogens (primary N) is 1. The van der Waals surface area contributed by atoms with Crippen LogP contribution in [0.4, 0.5) is 5.69 Å². The zero-order chi connectivity index (χ0) is 21.4. The summed E-state index contributed by atoms with van der Waals surface area (Å²) in [5, 5.41) is 14.6. The molecule has 1 amide bonds. The van der Waals surface area contributed by atoms with Gasteiger partial charge in [-0.1, -0.05) is 24.3 Å². The molecule has 30 heavy (non-hydrogen) atoms. The second kappa shape index (κ2) is 8.01. The number of benzene rings is 2. The van der Waals surface area contributed by atoms with Crippen molar-refractivity contribution in [2.24, 2.45) is 0 Å². The summed E-state index contributed by atoms with van der Waals surface area (Å²) in [4.78, 5) is 41.6. The van der Waals surface area contributed by atoms with Crippen LogP contribution in [0.3, 0.4) is 0 Å². The molecule has 2 aromatic carbocycles. The third-order valence-electron chi connectivity index (χ3n) is 5.89. The number of anilines is 1. The number of nitrogens with one attached hydrogen (secondary N) is 1. The molecule has 156 valence electrons. The summed E-state index contributed by atoms with van der Waals surface area (Å²) in [6.07, 6.45) is 0. The molecule has 0 radical (unpaired) electrons. The highest BCUT2D eigenvalue weighted by atomic mass is 16.3. The lowest BCUT2D eigenvalue weighted by Crippen LogP contribution is -2.96. The smallest absolute Gasteiger partial charge is 0.256 e. The van der Waals surface area contributed by atoms with Crippen molar-refractivity contribution in [3.05, 3.63) is 64.2 Å². The summed E-state index contributed by atoms with van der Waals surface area (Å²) in [5.41, 5.74) is 1.88. The number of fused-ring (bicyclic) bond motifs is 2. The first-order valence-electron chi connectivity index (χ1n) is 10.3. The quantitative estimate of drug-likeness (QED) is 0.589. The molecule has 2 atom stereocenters. The van der Waals surface area contributed by atoms with E-state index in [0.29, 0.717) is 28.9 Å². The van der Waals surface area contributed by atoms with E-state index in [2.05, 4.69) is 17.6 Å². The molecule has 0 saturated carbocycles. The third-order valence-corrected chi connectivity index (χ3v) is 5.89. The molecule has 1 aliphatic heterocycles. The van der Waals surface area contributed by atoms with E-state index >= 15 is 0 Å². The Morgan fingerprint density at radius 1 is 1.10 bits per heavy atom. The summed E-state index contributed by atoms with van der Waals surface area (Å²) < 4.78 is 0. The maximum Gasteiger partial charge on any atom is 0.256 e. The van der Waals surface area contributed by atoms with Crippen molar-refractivity contribution in [2.75, 3.05) is 31.6 Å². The van der Waals surface area contributed by atoms with E-state index < -0.39 is 0 Å². The summed E-state index contributed by atoms with van der Waals surface area (Å²) in [7, 11) is 0. The van der Waals surface area contributed by atoms with Gasteiger partial charge in [0.15, 0.2) is 11.6 Å². The highest BCUT2D eigenvalue weighted by Crippen LogP contribution is 2.35. The maximum absolute atomic E-state index is 13.5. The number of carbonyl (C=O) groups excluding carboxylic acids is 3. The van der Waals surface area contributed by atoms with Gasteiger partial charge in [0.1, 0.15) is 6.04 Å². The summed E-state index contributed by atoms with van der Waals surface area (Å²) in [6, 6.07) is 10.3. The van der Waals surface area contributed by atoms with Gasteiger partial charge in [-0.05, 0) is 26.0 Å². The minimum atomic E-state index is -0.288. The van der Waals surface area contributed by atoms with E-state index in [9.17, 15) is 19.5 Å². The summed E-state index contributed by atoms with van der Waals surface area (Å²) >= 11 is 0. The molecule has 1 saturated heterocycles. The van der Waals surface area contributed by atoms with Gasteiger partial charge in [0.25, 0.3) is 5.91 Å². The fraction of sp³-hybridized carbons (Fsp3) is 0.348. The molecule has 2 aliphatic rings. The molecular weight excluding hydrogens is 382 g/mol. The fourth-order valence-electron chi connectivity index (χ4n) is 4.29. The monoisotopic (exact) mass is 408 g/mol. The van der Waals surface area contributed by atoms with Crippen molar-refractivity contribution >= 4 is 23.2 Å². The number of aliphatic hydroxyl groups is 1. The van der Waals surface area contributed by atoms with Crippen LogP contribution in [-0.4, -0.2) is 65.8 Å². The van der Waals surface area contributed by atoms with Crippen LogP contribution >= 0.6 is 0 Å². The second-order valence-corrected chi connectivity index (χ2v) is 8.02. The van der Waals surface area contributed by atoms with Crippen LogP contribution in [-0.2, 0) is 0 Å². The van der Waals surface area contributed by atoms with E-state index in [4.69, 9.17) is 0 Å². The minimum absolute atomic E-state index is 0.0495. The SMILES string of the molecule is C[C@@H]1C[NH2+][C@@H](C)CN1C(=O)c1ccc2c(c1NCCO)C(=O)c1ccccc1C2=O. The number of carbonyl (C=O) groups is 3. The molecular formula is C23H26N3O4+. The minimum Gasteiger partial charge on any atom is -0.395 e. The molecule has 0 aromatic heterocycles. The molecule has 0 unspecified atom stereocenters. The molecule has 1 aliphatic carbocycles. The number of hydrogen-bond donors (Lipinski definition) is 3. The highest BCUT2D eigenvalue weighted by Gasteiger charge is 2.36. The van der Waals surface area contributed by atoms with E-state index in [1.807, 2.05) is 11.8 Å². The van der Waals surface area contributed by atoms with Gasteiger partial charge in [-0.25, -0.2) is 0 Å². The fourth-order valence-corrected chi connectivity index (χ4v) is 4.29. The normalized spacial score (nSPS) is 20.6. The molecule has 1 heterocycles. The van der Waals surface area contributed by atoms with Crippen LogP contribution in [0.1, 0.15) is 56.0 Å². The average Bonchev–Trinajstić information content (AvgIpc) is 2.76. The Bertz CT molecular complexity index is 1030. The van der Waals surface area contributed by atoms with Crippen molar-refractivity contribution in [3.63, 3.8) is 0 Å². The first-order chi connectivity index (χ1) is 14.4. The van der Waals surface area contributed by atoms with Gasteiger partial charge in [-0.3, -0.25) is 14.4 Å². The Balaban J connectivity index is 1.84. The lowest BCUT2D eigenvalue weighted by atomic mass is 9.82. The molecule has 7 nitrogen and oxygen atoms in total. The standard InChI is InChI=1S/C23H25N3O4/c1-13-12-26(14(2)11-25-13)23(30)18-8-7-17-19(20(18)24-9-10-27)22(29)16-6-4-3-5-15(16)21(17)28/h3-8,13-14,24-25,27H,9-12H2,1-2H3/p+1/t13-,14+/m0/s1. The Morgan fingerprint density at radius 3 is 2.50 bits per heavy atom. The topological polar surface area (TPSA) is 103 Å². The number of aliphatic hydroxyl groups excluding tert-OH is 1. The van der Waals surface area contributed by atoms with Gasteiger partial charge >= 0.3 is 0 Å². The van der Waals surface area contributed by atoms with Crippen molar-refractivity contribution in [2.45, 2.75) is 25.9 Å². The van der Waals surface area contributed by atoms with Gasteiger partial charge < -0.3 is 20.6 Å². The van der Waals surface area contributed by atoms with E-state index in [-0.39, 0.29) is 53.8 Å². The van der Waals surface area contributed by atoms with Crippen LogP contribution < -0.4 is 10.6 Å². The zero-order valence-electron chi connectivity index (χ0n) is 17.1. The number of piperazine rings is 1. The Morgan fingerprint density at radius 2 is 1.80 bits per heavy atom. The number of quaternary nitrogens is 1. The first kappa shape index (κ1) is 20.3. The largest absolute Gasteiger partial charge is 0.395 e. The Kier molecular flexibility index (Phi) is 5.40. The lowest BCUT2D eigenvalue weighted by molar-refractivity contribution is -0.698. The molecule has 4 N–H and O–H groups in total. The first-order valence-corrected chi connectivity index (χ1v) is 10.3. The van der Waals surface area contributed by atoms with Gasteiger partial charge in [-0.15, -0.1) is 0 Å². The van der Waals surface area contributed by atoms with Crippen LogP contribution in [0.15, 0.2) is 36.4 Å². The second-order valence-electron chi connectivity index (χ2n) is 8.02. The molecule has 7 heteroatoms. The van der Waals surface area contributed by atoms with Gasteiger partial charge in [0.2, 0.25) is 0 Å². The number of nitrogens with zero attached hydrogens (tertiary/aromatic N) is 1. The van der Waals surface area contributed by atoms with Crippen molar-refractivity contribution < 1.29 is 24.8 Å². The Hall–Kier alpha value is -3.03. The molecule has 2 aromatic rings. The summed E-state index contributed by atoms with van der Waals surface area (Å²) in [5.74, 6) is -0.700. The van der Waals surface area contributed by atoms with Crippen LogP contribution in [0, 0.1) is 0 Å². The van der Waals surface area contributed by atoms with Gasteiger partial charge in [0, 0.05) is 23.2 Å². The van der Waals surface area contributed by atoms with Crippen molar-refractivity contribution in [1.29, 1.82) is 0 Å². The van der Waals surface area contributed by atoms with Crippen molar-refractivity contribution in [3.8, 4) is 0 Å². The van der Waals surface area contributed by atoms with E-state index in [0.717, 1.165) is 6.54 Å². The third kappa shape index (κ3) is 3.30. The average molecular weight is 408 g/mol. The highest BCUT2D eigenvalue weighted by molar-refractivity contribution is 6.31. The maximum atomic E-state index is 13.5. The predicted octanol–water partition coefficient (Wildman–Crippen LogP) is 0.662. The summed E-state index contributed by atoms with van der Waals surface area (Å²) in [6.45, 7) is 5.49. The predicted molar refractivity (Wildman–Crippen MR) is 112 cm³/mol. The number of amides is 1. The number of ketones is 2. The van der Waals surface area contributed by atoms with E-state index in [1.165, 1.54) is 0 Å².